The lowest BCUT2D eigenvalue weighted by molar-refractivity contribution is 0.571. The van der Waals surface area contributed by atoms with Crippen LogP contribution in [0, 0.1) is 6.92 Å². The lowest BCUT2D eigenvalue weighted by Gasteiger charge is -2.10. The zero-order chi connectivity index (χ0) is 13.1. The highest BCUT2D eigenvalue weighted by Gasteiger charge is 2.16. The fraction of sp³-hybridized carbons (Fsp3) is 0.455. The fourth-order valence-corrected chi connectivity index (χ4v) is 2.92. The van der Waals surface area contributed by atoms with Gasteiger partial charge in [0.05, 0.1) is 4.90 Å². The maximum Gasteiger partial charge on any atom is 0.240 e. The second-order valence-electron chi connectivity index (χ2n) is 4.07. The Morgan fingerprint density at radius 2 is 2.12 bits per heavy atom. The van der Waals surface area contributed by atoms with Crippen LogP contribution in [0.1, 0.15) is 18.9 Å². The maximum atomic E-state index is 12.0. The second-order valence-corrected chi connectivity index (χ2v) is 6.25. The van der Waals surface area contributed by atoms with Gasteiger partial charge in [-0.05, 0) is 38.0 Å². The van der Waals surface area contributed by atoms with Crippen molar-refractivity contribution in [1.29, 1.82) is 0 Å². The van der Waals surface area contributed by atoms with E-state index < -0.39 is 10.0 Å². The van der Waals surface area contributed by atoms with Crippen LogP contribution < -0.4 is 10.5 Å². The molecule has 0 aliphatic heterocycles. The second kappa shape index (κ2) is 5.82. The molecule has 1 rings (SSSR count). The summed E-state index contributed by atoms with van der Waals surface area (Å²) in [5.74, 6) is 0. The molecule has 0 aliphatic rings. The van der Waals surface area contributed by atoms with Crippen LogP contribution in [0.2, 0.25) is 5.02 Å². The maximum absolute atomic E-state index is 12.0. The van der Waals surface area contributed by atoms with Gasteiger partial charge in [-0.3, -0.25) is 0 Å². The minimum atomic E-state index is -3.50. The molecule has 0 saturated heterocycles. The van der Waals surface area contributed by atoms with E-state index in [2.05, 4.69) is 4.72 Å². The number of benzene rings is 1. The molecule has 3 N–H and O–H groups in total. The number of nitrogens with one attached hydrogen (secondary N) is 1. The van der Waals surface area contributed by atoms with E-state index in [1.807, 2.05) is 6.92 Å². The monoisotopic (exact) mass is 276 g/mol. The van der Waals surface area contributed by atoms with Gasteiger partial charge in [0.1, 0.15) is 0 Å². The number of nitrogens with two attached hydrogens (primary N) is 1. The summed E-state index contributed by atoms with van der Waals surface area (Å²) in [7, 11) is -3.50. The molecule has 0 spiro atoms. The molecule has 0 amide bonds. The molecule has 0 radical (unpaired) electrons. The average molecular weight is 277 g/mol. The van der Waals surface area contributed by atoms with Gasteiger partial charge in [-0.1, -0.05) is 17.7 Å². The van der Waals surface area contributed by atoms with Gasteiger partial charge >= 0.3 is 0 Å². The van der Waals surface area contributed by atoms with Gasteiger partial charge in [-0.15, -0.1) is 0 Å². The minimum absolute atomic E-state index is 0.0295. The van der Waals surface area contributed by atoms with Gasteiger partial charge in [0.25, 0.3) is 0 Å². The molecule has 0 aliphatic carbocycles. The van der Waals surface area contributed by atoms with Gasteiger partial charge < -0.3 is 5.73 Å². The summed E-state index contributed by atoms with van der Waals surface area (Å²) in [5.41, 5.74) is 6.23. The molecule has 1 unspecified atom stereocenters. The summed E-state index contributed by atoms with van der Waals surface area (Å²) in [6.07, 6.45) is 0.596. The van der Waals surface area contributed by atoms with Crippen LogP contribution in [0.15, 0.2) is 23.1 Å². The third-order valence-electron chi connectivity index (χ3n) is 2.33. The zero-order valence-electron chi connectivity index (χ0n) is 9.90. The summed E-state index contributed by atoms with van der Waals surface area (Å²) < 4.78 is 26.5. The molecule has 6 heteroatoms. The molecule has 1 aromatic carbocycles. The lowest BCUT2D eigenvalue weighted by atomic mass is 10.2. The standard InChI is InChI=1S/C11H17ClN2O2S/c1-8-3-4-10(12)7-11(8)17(15,16)14-6-5-9(2)13/h3-4,7,9,14H,5-6,13H2,1-2H3. The van der Waals surface area contributed by atoms with E-state index >= 15 is 0 Å². The van der Waals surface area contributed by atoms with E-state index in [9.17, 15) is 8.42 Å². The Hall–Kier alpha value is -0.620. The van der Waals surface area contributed by atoms with E-state index in [0.717, 1.165) is 0 Å². The highest BCUT2D eigenvalue weighted by molar-refractivity contribution is 7.89. The van der Waals surface area contributed by atoms with Crippen LogP contribution in [-0.2, 0) is 10.0 Å². The molecular formula is C11H17ClN2O2S. The van der Waals surface area contributed by atoms with E-state index in [1.54, 1.807) is 19.1 Å². The van der Waals surface area contributed by atoms with Crippen LogP contribution in [0.25, 0.3) is 0 Å². The quantitative estimate of drug-likeness (QED) is 0.859. The molecule has 0 aromatic heterocycles. The molecule has 0 fully saturated rings. The normalized spacial score (nSPS) is 13.6. The first-order chi connectivity index (χ1) is 7.83. The number of aryl methyl sites for hydroxylation is 1. The minimum Gasteiger partial charge on any atom is -0.328 e. The van der Waals surface area contributed by atoms with Gasteiger partial charge in [0.2, 0.25) is 10.0 Å². The first kappa shape index (κ1) is 14.4. The van der Waals surface area contributed by atoms with E-state index in [4.69, 9.17) is 17.3 Å². The molecule has 1 atom stereocenters. The van der Waals surface area contributed by atoms with E-state index in [0.29, 0.717) is 23.6 Å². The van der Waals surface area contributed by atoms with E-state index in [1.165, 1.54) is 6.07 Å². The third-order valence-corrected chi connectivity index (χ3v) is 4.17. The van der Waals surface area contributed by atoms with Crippen molar-refractivity contribution in [3.05, 3.63) is 28.8 Å². The number of rotatable bonds is 5. The van der Waals surface area contributed by atoms with E-state index in [-0.39, 0.29) is 10.9 Å². The van der Waals surface area contributed by atoms with Gasteiger partial charge in [-0.2, -0.15) is 0 Å². The smallest absolute Gasteiger partial charge is 0.240 e. The molecule has 96 valence electrons. The van der Waals surface area contributed by atoms with Crippen molar-refractivity contribution in [2.45, 2.75) is 31.2 Å². The van der Waals surface area contributed by atoms with Crippen molar-refractivity contribution in [3.8, 4) is 0 Å². The Bertz CT molecular complexity index is 486. The SMILES string of the molecule is Cc1ccc(Cl)cc1S(=O)(=O)NCCC(C)N. The van der Waals surface area contributed by atoms with Gasteiger partial charge in [0.15, 0.2) is 0 Å². The first-order valence-electron chi connectivity index (χ1n) is 5.34. The molecule has 0 bridgehead atoms. The predicted molar refractivity (Wildman–Crippen MR) is 69.6 cm³/mol. The van der Waals surface area contributed by atoms with Crippen molar-refractivity contribution >= 4 is 21.6 Å². The van der Waals surface area contributed by atoms with Crippen molar-refractivity contribution < 1.29 is 8.42 Å². The van der Waals surface area contributed by atoms with Crippen LogP contribution in [0.3, 0.4) is 0 Å². The highest BCUT2D eigenvalue weighted by atomic mass is 35.5. The third kappa shape index (κ3) is 4.27. The predicted octanol–water partition coefficient (Wildman–Crippen LogP) is 1.66. The summed E-state index contributed by atoms with van der Waals surface area (Å²) >= 11 is 5.80. The number of hydrogen-bond acceptors (Lipinski definition) is 3. The Balaban J connectivity index is 2.86. The summed E-state index contributed by atoms with van der Waals surface area (Å²) in [4.78, 5) is 0.217. The lowest BCUT2D eigenvalue weighted by Crippen LogP contribution is -2.29. The van der Waals surface area contributed by atoms with Crippen LogP contribution in [0.4, 0.5) is 0 Å². The molecule has 17 heavy (non-hydrogen) atoms. The Labute approximate surface area is 107 Å². The van der Waals surface area contributed by atoms with Crippen molar-refractivity contribution in [2.24, 2.45) is 5.73 Å². The van der Waals surface area contributed by atoms with Crippen LogP contribution >= 0.6 is 11.6 Å². The Kier molecular flexibility index (Phi) is 4.94. The summed E-state index contributed by atoms with van der Waals surface area (Å²) in [5, 5.41) is 0.406. The number of halogens is 1. The van der Waals surface area contributed by atoms with Crippen molar-refractivity contribution in [1.82, 2.24) is 4.72 Å². The largest absolute Gasteiger partial charge is 0.328 e. The zero-order valence-corrected chi connectivity index (χ0v) is 11.5. The van der Waals surface area contributed by atoms with Crippen LogP contribution in [0.5, 0.6) is 0 Å². The average Bonchev–Trinajstić information content (AvgIpc) is 2.20. The number of sulfonamides is 1. The molecule has 0 heterocycles. The van der Waals surface area contributed by atoms with Crippen molar-refractivity contribution in [2.75, 3.05) is 6.54 Å². The Morgan fingerprint density at radius 1 is 1.47 bits per heavy atom. The first-order valence-corrected chi connectivity index (χ1v) is 7.20. The topological polar surface area (TPSA) is 72.2 Å². The van der Waals surface area contributed by atoms with Gasteiger partial charge in [-0.25, -0.2) is 13.1 Å². The number of hydrogen-bond donors (Lipinski definition) is 2. The summed E-state index contributed by atoms with van der Waals surface area (Å²) in [6.45, 7) is 3.89. The highest BCUT2D eigenvalue weighted by Crippen LogP contribution is 2.19. The van der Waals surface area contributed by atoms with Crippen molar-refractivity contribution in [3.63, 3.8) is 0 Å². The fourth-order valence-electron chi connectivity index (χ4n) is 1.36. The Morgan fingerprint density at radius 3 is 2.71 bits per heavy atom. The molecular weight excluding hydrogens is 260 g/mol. The molecule has 1 aromatic rings. The van der Waals surface area contributed by atoms with Crippen LogP contribution in [-0.4, -0.2) is 21.0 Å². The molecule has 4 nitrogen and oxygen atoms in total. The molecule has 0 saturated carbocycles. The van der Waals surface area contributed by atoms with Gasteiger partial charge in [0, 0.05) is 17.6 Å². The summed E-state index contributed by atoms with van der Waals surface area (Å²) in [6, 6.07) is 4.77.